The molecule has 118 valence electrons. The predicted molar refractivity (Wildman–Crippen MR) is 84.0 cm³/mol. The molecule has 0 bridgehead atoms. The second-order valence-electron chi connectivity index (χ2n) is 5.48. The van der Waals surface area contributed by atoms with Crippen molar-refractivity contribution in [3.63, 3.8) is 0 Å². The lowest BCUT2D eigenvalue weighted by molar-refractivity contribution is 0.103. The van der Waals surface area contributed by atoms with Gasteiger partial charge in [0.25, 0.3) is 5.95 Å². The molecule has 0 radical (unpaired) electrons. The van der Waals surface area contributed by atoms with Crippen LogP contribution in [-0.2, 0) is 6.54 Å². The van der Waals surface area contributed by atoms with Crippen molar-refractivity contribution in [2.24, 2.45) is 0 Å². The summed E-state index contributed by atoms with van der Waals surface area (Å²) in [5, 5.41) is 8.96. The van der Waals surface area contributed by atoms with Crippen molar-refractivity contribution in [2.45, 2.75) is 6.54 Å². The Morgan fingerprint density at radius 2 is 1.68 bits per heavy atom. The van der Waals surface area contributed by atoms with E-state index in [4.69, 9.17) is 14.3 Å². The number of nitrogens with zero attached hydrogens (tertiary/aromatic N) is 2. The summed E-state index contributed by atoms with van der Waals surface area (Å²) < 4.78 is 11.4. The van der Waals surface area contributed by atoms with E-state index >= 15 is 0 Å². The topological polar surface area (TPSA) is 49.1 Å². The number of piperazine rings is 1. The Morgan fingerprint density at radius 1 is 0.955 bits per heavy atom. The van der Waals surface area contributed by atoms with Crippen LogP contribution < -0.4 is 4.74 Å². The minimum absolute atomic E-state index is 0.234. The molecule has 5 nitrogen and oxygen atoms in total. The Labute approximate surface area is 130 Å². The zero-order valence-corrected chi connectivity index (χ0v) is 12.6. The number of aliphatic hydroxyl groups excluding tert-OH is 1. The lowest BCUT2D eigenvalue weighted by Crippen LogP contribution is -2.46. The maximum Gasteiger partial charge on any atom is 0.290 e. The van der Waals surface area contributed by atoms with Gasteiger partial charge in [-0.05, 0) is 18.2 Å². The van der Waals surface area contributed by atoms with Crippen molar-refractivity contribution < 1.29 is 14.3 Å². The minimum Gasteiger partial charge on any atom is -0.429 e. The van der Waals surface area contributed by atoms with Crippen LogP contribution >= 0.6 is 0 Å². The van der Waals surface area contributed by atoms with Crippen molar-refractivity contribution >= 4 is 0 Å². The minimum atomic E-state index is 0.234. The fourth-order valence-corrected chi connectivity index (χ4v) is 2.64. The third-order valence-electron chi connectivity index (χ3n) is 3.86. The highest BCUT2D eigenvalue weighted by molar-refractivity contribution is 5.26. The van der Waals surface area contributed by atoms with Crippen LogP contribution in [-0.4, -0.2) is 54.2 Å². The Hall–Kier alpha value is -1.82. The molecule has 2 heterocycles. The molecule has 0 saturated carbocycles. The molecule has 2 aromatic rings. The van der Waals surface area contributed by atoms with Crippen LogP contribution in [0.4, 0.5) is 0 Å². The average molecular weight is 302 g/mol. The quantitative estimate of drug-likeness (QED) is 0.886. The zero-order valence-electron chi connectivity index (χ0n) is 12.6. The van der Waals surface area contributed by atoms with E-state index in [0.717, 1.165) is 50.8 Å². The van der Waals surface area contributed by atoms with Gasteiger partial charge in [0.1, 0.15) is 11.5 Å². The maximum atomic E-state index is 8.96. The second kappa shape index (κ2) is 7.45. The highest BCUT2D eigenvalue weighted by Gasteiger charge is 2.17. The lowest BCUT2D eigenvalue weighted by Gasteiger charge is -2.33. The van der Waals surface area contributed by atoms with Crippen LogP contribution in [0.2, 0.25) is 0 Å². The first-order chi connectivity index (χ1) is 10.8. The van der Waals surface area contributed by atoms with Crippen LogP contribution in [0.5, 0.6) is 11.7 Å². The number of para-hydroxylation sites is 1. The number of hydrogen-bond donors (Lipinski definition) is 1. The Bertz CT molecular complexity index is 562. The van der Waals surface area contributed by atoms with E-state index in [2.05, 4.69) is 9.80 Å². The molecule has 0 amide bonds. The Morgan fingerprint density at radius 3 is 2.41 bits per heavy atom. The van der Waals surface area contributed by atoms with Crippen molar-refractivity contribution in [1.29, 1.82) is 0 Å². The van der Waals surface area contributed by atoms with Crippen LogP contribution in [0.1, 0.15) is 5.76 Å². The SMILES string of the molecule is OCCN1CCN(Cc2ccc(Oc3ccccc3)o2)CC1. The molecule has 5 heteroatoms. The summed E-state index contributed by atoms with van der Waals surface area (Å²) in [6, 6.07) is 13.5. The molecular weight excluding hydrogens is 280 g/mol. The smallest absolute Gasteiger partial charge is 0.290 e. The van der Waals surface area contributed by atoms with E-state index in [-0.39, 0.29) is 6.61 Å². The summed E-state index contributed by atoms with van der Waals surface area (Å²) in [6.45, 7) is 5.78. The van der Waals surface area contributed by atoms with Crippen LogP contribution in [0.25, 0.3) is 0 Å². The first-order valence-electron chi connectivity index (χ1n) is 7.71. The largest absolute Gasteiger partial charge is 0.429 e. The fourth-order valence-electron chi connectivity index (χ4n) is 2.64. The number of β-amino-alcohol motifs (C(OH)–C–C–N with tert-alkyl or cyclic N) is 1. The number of ether oxygens (including phenoxy) is 1. The Balaban J connectivity index is 1.50. The molecule has 0 spiro atoms. The van der Waals surface area contributed by atoms with Gasteiger partial charge in [-0.3, -0.25) is 9.80 Å². The summed E-state index contributed by atoms with van der Waals surface area (Å²) >= 11 is 0. The van der Waals surface area contributed by atoms with E-state index in [1.807, 2.05) is 42.5 Å². The molecule has 1 aromatic carbocycles. The molecule has 0 unspecified atom stereocenters. The molecule has 1 aliphatic rings. The molecule has 1 fully saturated rings. The van der Waals surface area contributed by atoms with Gasteiger partial charge in [-0.25, -0.2) is 0 Å². The molecule has 0 atom stereocenters. The first kappa shape index (κ1) is 15.1. The third-order valence-corrected chi connectivity index (χ3v) is 3.86. The van der Waals surface area contributed by atoms with Crippen LogP contribution in [0.15, 0.2) is 46.9 Å². The molecule has 1 saturated heterocycles. The molecule has 1 aromatic heterocycles. The monoisotopic (exact) mass is 302 g/mol. The van der Waals surface area contributed by atoms with Crippen LogP contribution in [0, 0.1) is 0 Å². The summed E-state index contributed by atoms with van der Waals surface area (Å²) in [6.07, 6.45) is 0. The highest BCUT2D eigenvalue weighted by atomic mass is 16.6. The number of hydrogen-bond acceptors (Lipinski definition) is 5. The van der Waals surface area contributed by atoms with Gasteiger partial charge in [-0.1, -0.05) is 18.2 Å². The summed E-state index contributed by atoms with van der Waals surface area (Å²) in [7, 11) is 0. The first-order valence-corrected chi connectivity index (χ1v) is 7.71. The summed E-state index contributed by atoms with van der Waals surface area (Å²) in [4.78, 5) is 4.64. The summed E-state index contributed by atoms with van der Waals surface area (Å²) in [5.74, 6) is 2.22. The fraction of sp³-hybridized carbons (Fsp3) is 0.412. The van der Waals surface area contributed by atoms with Gasteiger partial charge in [0.05, 0.1) is 13.2 Å². The predicted octanol–water partition coefficient (Wildman–Crippen LogP) is 2.18. The third kappa shape index (κ3) is 4.10. The van der Waals surface area contributed by atoms with Gasteiger partial charge in [-0.15, -0.1) is 0 Å². The molecule has 3 rings (SSSR count). The van der Waals surface area contributed by atoms with Gasteiger partial charge in [0, 0.05) is 38.8 Å². The highest BCUT2D eigenvalue weighted by Crippen LogP contribution is 2.24. The van der Waals surface area contributed by atoms with Gasteiger partial charge in [-0.2, -0.15) is 0 Å². The average Bonchev–Trinajstić information content (AvgIpc) is 2.98. The van der Waals surface area contributed by atoms with Crippen molar-refractivity contribution in [2.75, 3.05) is 39.3 Å². The molecule has 0 aliphatic carbocycles. The van der Waals surface area contributed by atoms with E-state index < -0.39 is 0 Å². The number of benzene rings is 1. The van der Waals surface area contributed by atoms with Gasteiger partial charge < -0.3 is 14.3 Å². The molecule has 1 aliphatic heterocycles. The number of furan rings is 1. The van der Waals surface area contributed by atoms with Gasteiger partial charge in [0.2, 0.25) is 0 Å². The van der Waals surface area contributed by atoms with Crippen molar-refractivity contribution in [1.82, 2.24) is 9.80 Å². The summed E-state index contributed by atoms with van der Waals surface area (Å²) in [5.41, 5.74) is 0. The van der Waals surface area contributed by atoms with E-state index in [0.29, 0.717) is 5.95 Å². The van der Waals surface area contributed by atoms with Crippen LogP contribution in [0.3, 0.4) is 0 Å². The Kier molecular flexibility index (Phi) is 5.11. The van der Waals surface area contributed by atoms with E-state index in [9.17, 15) is 0 Å². The van der Waals surface area contributed by atoms with E-state index in [1.165, 1.54) is 0 Å². The standard InChI is InChI=1S/C17H22N2O3/c20-13-12-18-8-10-19(11-9-18)14-16-6-7-17(22-16)21-15-4-2-1-3-5-15/h1-7,20H,8-14H2. The van der Waals surface area contributed by atoms with Crippen molar-refractivity contribution in [3.05, 3.63) is 48.2 Å². The zero-order chi connectivity index (χ0) is 15.2. The molecular formula is C17H22N2O3. The van der Waals surface area contributed by atoms with E-state index in [1.54, 1.807) is 0 Å². The number of rotatable bonds is 6. The maximum absolute atomic E-state index is 8.96. The van der Waals surface area contributed by atoms with Gasteiger partial charge in [0.15, 0.2) is 0 Å². The van der Waals surface area contributed by atoms with Gasteiger partial charge >= 0.3 is 0 Å². The lowest BCUT2D eigenvalue weighted by atomic mass is 10.3. The number of aliphatic hydroxyl groups is 1. The molecule has 22 heavy (non-hydrogen) atoms. The second-order valence-corrected chi connectivity index (χ2v) is 5.48. The normalized spacial score (nSPS) is 16.8. The van der Waals surface area contributed by atoms with Crippen molar-refractivity contribution in [3.8, 4) is 11.7 Å². The molecule has 1 N–H and O–H groups in total.